The molecule has 1 aliphatic carbocycles. The molecular formula is C14H20N2O. The zero-order valence-corrected chi connectivity index (χ0v) is 10.3. The Morgan fingerprint density at radius 1 is 1.41 bits per heavy atom. The summed E-state index contributed by atoms with van der Waals surface area (Å²) in [5.41, 5.74) is 7.07. The van der Waals surface area contributed by atoms with Crippen LogP contribution < -0.4 is 5.73 Å². The molecule has 1 fully saturated rings. The van der Waals surface area contributed by atoms with Crippen molar-refractivity contribution in [2.45, 2.75) is 25.3 Å². The van der Waals surface area contributed by atoms with Crippen LogP contribution in [0.25, 0.3) is 0 Å². The Labute approximate surface area is 103 Å². The lowest BCUT2D eigenvalue weighted by Crippen LogP contribution is -2.43. The summed E-state index contributed by atoms with van der Waals surface area (Å²) >= 11 is 0. The maximum atomic E-state index is 12.0. The van der Waals surface area contributed by atoms with E-state index in [2.05, 4.69) is 0 Å². The van der Waals surface area contributed by atoms with E-state index in [4.69, 9.17) is 5.73 Å². The van der Waals surface area contributed by atoms with E-state index in [0.29, 0.717) is 12.3 Å². The van der Waals surface area contributed by atoms with Gasteiger partial charge in [-0.25, -0.2) is 0 Å². The summed E-state index contributed by atoms with van der Waals surface area (Å²) in [4.78, 5) is 13.8. The predicted molar refractivity (Wildman–Crippen MR) is 68.5 cm³/mol. The number of rotatable bonds is 5. The summed E-state index contributed by atoms with van der Waals surface area (Å²) in [6.07, 6.45) is 3.13. The van der Waals surface area contributed by atoms with Crippen molar-refractivity contribution in [2.75, 3.05) is 13.6 Å². The van der Waals surface area contributed by atoms with Gasteiger partial charge in [-0.05, 0) is 30.7 Å². The molecule has 0 unspecified atom stereocenters. The van der Waals surface area contributed by atoms with Crippen LogP contribution in [0.5, 0.6) is 0 Å². The first-order chi connectivity index (χ1) is 8.16. The van der Waals surface area contributed by atoms with Gasteiger partial charge in [-0.3, -0.25) is 4.79 Å². The molecule has 0 aliphatic heterocycles. The molecule has 1 atom stereocenters. The highest BCUT2D eigenvalue weighted by Crippen LogP contribution is 2.29. The van der Waals surface area contributed by atoms with Crippen LogP contribution in [0.2, 0.25) is 0 Å². The van der Waals surface area contributed by atoms with Crippen molar-refractivity contribution in [1.29, 1.82) is 0 Å². The fraction of sp³-hybridized carbons (Fsp3) is 0.500. The van der Waals surface area contributed by atoms with Crippen molar-refractivity contribution >= 4 is 5.91 Å². The SMILES string of the molecule is CN(CC1CC1)C(=O)[C@@H](N)Cc1ccccc1. The highest BCUT2D eigenvalue weighted by atomic mass is 16.2. The third-order valence-electron chi connectivity index (χ3n) is 3.22. The van der Waals surface area contributed by atoms with E-state index in [1.807, 2.05) is 37.4 Å². The summed E-state index contributed by atoms with van der Waals surface area (Å²) in [5, 5.41) is 0. The molecule has 1 aromatic rings. The van der Waals surface area contributed by atoms with E-state index in [1.165, 1.54) is 12.8 Å². The predicted octanol–water partition coefficient (Wildman–Crippen LogP) is 1.42. The second-order valence-corrected chi connectivity index (χ2v) is 4.96. The van der Waals surface area contributed by atoms with Crippen LogP contribution in [0.1, 0.15) is 18.4 Å². The Morgan fingerprint density at radius 3 is 2.65 bits per heavy atom. The molecule has 0 aromatic heterocycles. The number of nitrogens with two attached hydrogens (primary N) is 1. The maximum absolute atomic E-state index is 12.0. The summed E-state index contributed by atoms with van der Waals surface area (Å²) in [5.74, 6) is 0.772. The van der Waals surface area contributed by atoms with Gasteiger partial charge in [0.2, 0.25) is 5.91 Å². The molecule has 3 heteroatoms. The lowest BCUT2D eigenvalue weighted by molar-refractivity contribution is -0.131. The first-order valence-corrected chi connectivity index (χ1v) is 6.21. The molecule has 0 bridgehead atoms. The fourth-order valence-electron chi connectivity index (χ4n) is 2.02. The number of amides is 1. The molecule has 17 heavy (non-hydrogen) atoms. The minimum absolute atomic E-state index is 0.0563. The summed E-state index contributed by atoms with van der Waals surface area (Å²) in [6.45, 7) is 0.862. The van der Waals surface area contributed by atoms with Crippen LogP contribution in [-0.4, -0.2) is 30.4 Å². The average molecular weight is 232 g/mol. The molecule has 92 valence electrons. The minimum atomic E-state index is -0.416. The zero-order chi connectivity index (χ0) is 12.3. The molecule has 1 aliphatic rings. The Morgan fingerprint density at radius 2 is 2.06 bits per heavy atom. The minimum Gasteiger partial charge on any atom is -0.344 e. The van der Waals surface area contributed by atoms with Crippen molar-refractivity contribution in [3.8, 4) is 0 Å². The van der Waals surface area contributed by atoms with Crippen molar-refractivity contribution in [3.05, 3.63) is 35.9 Å². The third-order valence-corrected chi connectivity index (χ3v) is 3.22. The van der Waals surface area contributed by atoms with Crippen LogP contribution >= 0.6 is 0 Å². The van der Waals surface area contributed by atoms with E-state index < -0.39 is 6.04 Å². The van der Waals surface area contributed by atoms with Gasteiger partial charge in [-0.15, -0.1) is 0 Å². The molecule has 0 spiro atoms. The van der Waals surface area contributed by atoms with Gasteiger partial charge in [-0.1, -0.05) is 30.3 Å². The number of hydrogen-bond acceptors (Lipinski definition) is 2. The number of carbonyl (C=O) groups is 1. The van der Waals surface area contributed by atoms with Crippen molar-refractivity contribution in [3.63, 3.8) is 0 Å². The lowest BCUT2D eigenvalue weighted by atomic mass is 10.1. The van der Waals surface area contributed by atoms with Gasteiger partial charge in [0.25, 0.3) is 0 Å². The number of carbonyl (C=O) groups excluding carboxylic acids is 1. The first-order valence-electron chi connectivity index (χ1n) is 6.21. The summed E-state index contributed by atoms with van der Waals surface area (Å²) < 4.78 is 0. The van der Waals surface area contributed by atoms with Gasteiger partial charge >= 0.3 is 0 Å². The quantitative estimate of drug-likeness (QED) is 0.834. The molecule has 1 aromatic carbocycles. The Balaban J connectivity index is 1.85. The van der Waals surface area contributed by atoms with E-state index in [-0.39, 0.29) is 5.91 Å². The van der Waals surface area contributed by atoms with Gasteiger partial charge in [0.05, 0.1) is 6.04 Å². The van der Waals surface area contributed by atoms with Crippen LogP contribution in [0.15, 0.2) is 30.3 Å². The molecule has 1 saturated carbocycles. The van der Waals surface area contributed by atoms with Crippen molar-refractivity contribution < 1.29 is 4.79 Å². The topological polar surface area (TPSA) is 46.3 Å². The molecule has 0 radical (unpaired) electrons. The fourth-order valence-corrected chi connectivity index (χ4v) is 2.02. The van der Waals surface area contributed by atoms with Crippen LogP contribution in [0, 0.1) is 5.92 Å². The van der Waals surface area contributed by atoms with Gasteiger partial charge < -0.3 is 10.6 Å². The lowest BCUT2D eigenvalue weighted by Gasteiger charge is -2.21. The summed E-state index contributed by atoms with van der Waals surface area (Å²) in [6, 6.07) is 9.51. The number of hydrogen-bond donors (Lipinski definition) is 1. The summed E-state index contributed by atoms with van der Waals surface area (Å²) in [7, 11) is 1.85. The average Bonchev–Trinajstić information content (AvgIpc) is 3.13. The third kappa shape index (κ3) is 3.56. The van der Waals surface area contributed by atoms with Crippen LogP contribution in [-0.2, 0) is 11.2 Å². The van der Waals surface area contributed by atoms with Gasteiger partial charge in [0, 0.05) is 13.6 Å². The number of likely N-dealkylation sites (N-methyl/N-ethyl adjacent to an activating group) is 1. The Kier molecular flexibility index (Phi) is 3.79. The van der Waals surface area contributed by atoms with E-state index in [9.17, 15) is 4.79 Å². The van der Waals surface area contributed by atoms with E-state index >= 15 is 0 Å². The highest BCUT2D eigenvalue weighted by molar-refractivity contribution is 5.81. The van der Waals surface area contributed by atoms with Crippen LogP contribution in [0.4, 0.5) is 0 Å². The second-order valence-electron chi connectivity index (χ2n) is 4.96. The van der Waals surface area contributed by atoms with Crippen LogP contribution in [0.3, 0.4) is 0 Å². The molecule has 1 amide bonds. The molecule has 3 nitrogen and oxygen atoms in total. The first kappa shape index (κ1) is 12.1. The van der Waals surface area contributed by atoms with E-state index in [0.717, 1.165) is 12.1 Å². The van der Waals surface area contributed by atoms with Gasteiger partial charge in [0.15, 0.2) is 0 Å². The second kappa shape index (κ2) is 5.32. The van der Waals surface area contributed by atoms with Crippen molar-refractivity contribution in [1.82, 2.24) is 4.90 Å². The van der Waals surface area contributed by atoms with Gasteiger partial charge in [-0.2, -0.15) is 0 Å². The molecule has 0 saturated heterocycles. The molecular weight excluding hydrogens is 212 g/mol. The smallest absolute Gasteiger partial charge is 0.239 e. The maximum Gasteiger partial charge on any atom is 0.239 e. The highest BCUT2D eigenvalue weighted by Gasteiger charge is 2.26. The zero-order valence-electron chi connectivity index (χ0n) is 10.3. The normalized spacial score (nSPS) is 16.6. The number of nitrogens with zero attached hydrogens (tertiary/aromatic N) is 1. The Bertz CT molecular complexity index is 373. The van der Waals surface area contributed by atoms with Gasteiger partial charge in [0.1, 0.15) is 0 Å². The monoisotopic (exact) mass is 232 g/mol. The molecule has 2 rings (SSSR count). The standard InChI is InChI=1S/C14H20N2O/c1-16(10-12-7-8-12)14(17)13(15)9-11-5-3-2-4-6-11/h2-6,12-13H,7-10,15H2,1H3/t13-/m0/s1. The van der Waals surface area contributed by atoms with Crippen molar-refractivity contribution in [2.24, 2.45) is 11.7 Å². The van der Waals surface area contributed by atoms with E-state index in [1.54, 1.807) is 4.90 Å². The largest absolute Gasteiger partial charge is 0.344 e. The molecule has 2 N–H and O–H groups in total. The number of benzene rings is 1. The molecule has 0 heterocycles. The Hall–Kier alpha value is -1.35.